The molecule has 4 heterocycles. The van der Waals surface area contributed by atoms with Gasteiger partial charge in [0, 0.05) is 16.8 Å². The number of nitrogens with one attached hydrogen (secondary N) is 1. The van der Waals surface area contributed by atoms with Gasteiger partial charge in [-0.1, -0.05) is 11.6 Å². The number of halogens is 1. The molecule has 0 unspecified atom stereocenters. The van der Waals surface area contributed by atoms with E-state index < -0.39 is 5.91 Å². The van der Waals surface area contributed by atoms with Crippen LogP contribution in [-0.4, -0.2) is 30.5 Å². The van der Waals surface area contributed by atoms with Crippen molar-refractivity contribution in [1.29, 1.82) is 0 Å². The number of nitrogens with zero attached hydrogens (tertiary/aromatic N) is 5. The number of carbonyl (C=O) groups excluding carboxylic acids is 1. The number of hydrogen-bond acceptors (Lipinski definition) is 7. The third kappa shape index (κ3) is 3.13. The van der Waals surface area contributed by atoms with Gasteiger partial charge in [0.2, 0.25) is 5.82 Å². The van der Waals surface area contributed by atoms with E-state index in [1.54, 1.807) is 4.52 Å². The van der Waals surface area contributed by atoms with Crippen molar-refractivity contribution in [2.75, 3.05) is 5.32 Å². The Kier molecular flexibility index (Phi) is 3.98. The minimum Gasteiger partial charge on any atom is -0.295 e. The third-order valence-electron chi connectivity index (χ3n) is 3.37. The van der Waals surface area contributed by atoms with Gasteiger partial charge in [-0.25, -0.2) is 14.5 Å². The molecule has 4 aromatic heterocycles. The number of thiophene rings is 1. The van der Waals surface area contributed by atoms with Crippen LogP contribution < -0.4 is 5.32 Å². The van der Waals surface area contributed by atoms with Crippen molar-refractivity contribution in [3.8, 4) is 10.6 Å². The van der Waals surface area contributed by atoms with E-state index in [-0.39, 0.29) is 5.82 Å². The number of thiazole rings is 1. The van der Waals surface area contributed by atoms with Gasteiger partial charge >= 0.3 is 0 Å². The fourth-order valence-corrected chi connectivity index (χ4v) is 4.10. The zero-order valence-corrected chi connectivity index (χ0v) is 15.5. The molecule has 0 aliphatic rings. The van der Waals surface area contributed by atoms with E-state index in [2.05, 4.69) is 25.4 Å². The first-order valence-corrected chi connectivity index (χ1v) is 9.30. The molecule has 0 aliphatic heterocycles. The highest BCUT2D eigenvalue weighted by Crippen LogP contribution is 2.32. The van der Waals surface area contributed by atoms with Crippen LogP contribution in [0.2, 0.25) is 4.34 Å². The standard InChI is InChI=1S/C15H11ClN6OS2/c1-7-5-8(2)22-14(17-7)19-12(21-22)13(23)20-15-18-9(6-24-15)10-3-4-11(16)25-10/h3-6H,1-2H3,(H,18,20,23). The summed E-state index contributed by atoms with van der Waals surface area (Å²) in [6.07, 6.45) is 0. The molecular weight excluding hydrogens is 380 g/mol. The van der Waals surface area contributed by atoms with Gasteiger partial charge < -0.3 is 0 Å². The number of rotatable bonds is 3. The molecule has 4 rings (SSSR count). The van der Waals surface area contributed by atoms with Crippen LogP contribution >= 0.6 is 34.3 Å². The van der Waals surface area contributed by atoms with Crippen LogP contribution in [0, 0.1) is 13.8 Å². The monoisotopic (exact) mass is 390 g/mol. The summed E-state index contributed by atoms with van der Waals surface area (Å²) in [5.74, 6) is 0.0282. The predicted octanol–water partition coefficient (Wildman–Crippen LogP) is 3.83. The smallest absolute Gasteiger partial charge is 0.295 e. The lowest BCUT2D eigenvalue weighted by Gasteiger charge is -1.97. The Bertz CT molecular complexity index is 1100. The Labute approximate surface area is 155 Å². The average molecular weight is 391 g/mol. The summed E-state index contributed by atoms with van der Waals surface area (Å²) in [6, 6.07) is 5.59. The summed E-state index contributed by atoms with van der Waals surface area (Å²) in [4.78, 5) is 26.2. The average Bonchev–Trinajstić information content (AvgIpc) is 3.26. The molecule has 0 saturated carbocycles. The molecule has 0 atom stereocenters. The van der Waals surface area contributed by atoms with Crippen molar-refractivity contribution in [2.45, 2.75) is 13.8 Å². The molecule has 0 radical (unpaired) electrons. The van der Waals surface area contributed by atoms with Crippen molar-refractivity contribution in [3.63, 3.8) is 0 Å². The summed E-state index contributed by atoms with van der Waals surface area (Å²) >= 11 is 8.71. The highest BCUT2D eigenvalue weighted by Gasteiger charge is 2.17. The van der Waals surface area contributed by atoms with Crippen LogP contribution in [0.1, 0.15) is 22.0 Å². The van der Waals surface area contributed by atoms with Crippen LogP contribution in [0.3, 0.4) is 0 Å². The normalized spacial score (nSPS) is 11.2. The Morgan fingerprint density at radius 3 is 2.84 bits per heavy atom. The Morgan fingerprint density at radius 2 is 2.08 bits per heavy atom. The number of carbonyl (C=O) groups is 1. The molecule has 1 N–H and O–H groups in total. The minimum atomic E-state index is -0.423. The Balaban J connectivity index is 1.58. The maximum Gasteiger partial charge on any atom is 0.297 e. The summed E-state index contributed by atoms with van der Waals surface area (Å²) in [6.45, 7) is 3.76. The SMILES string of the molecule is Cc1cc(C)n2nc(C(=O)Nc3nc(-c4ccc(Cl)s4)cs3)nc2n1. The second kappa shape index (κ2) is 6.17. The lowest BCUT2D eigenvalue weighted by Crippen LogP contribution is -2.13. The quantitative estimate of drug-likeness (QED) is 0.574. The molecule has 0 bridgehead atoms. The second-order valence-corrected chi connectivity index (χ2v) is 7.86. The number of amides is 1. The van der Waals surface area contributed by atoms with Crippen LogP contribution in [-0.2, 0) is 0 Å². The van der Waals surface area contributed by atoms with Gasteiger partial charge in [-0.3, -0.25) is 10.1 Å². The van der Waals surface area contributed by atoms with Gasteiger partial charge in [-0.15, -0.1) is 27.8 Å². The van der Waals surface area contributed by atoms with E-state index in [1.807, 2.05) is 37.4 Å². The van der Waals surface area contributed by atoms with Gasteiger partial charge in [-0.05, 0) is 32.0 Å². The zero-order valence-electron chi connectivity index (χ0n) is 13.1. The fraction of sp³-hybridized carbons (Fsp3) is 0.133. The summed E-state index contributed by atoms with van der Waals surface area (Å²) in [5.41, 5.74) is 2.46. The molecule has 0 aliphatic carbocycles. The summed E-state index contributed by atoms with van der Waals surface area (Å²) in [7, 11) is 0. The number of aryl methyl sites for hydroxylation is 2. The van der Waals surface area contributed by atoms with Crippen molar-refractivity contribution >= 4 is 51.1 Å². The third-order valence-corrected chi connectivity index (χ3v) is 5.38. The topological polar surface area (TPSA) is 85.1 Å². The molecule has 0 spiro atoms. The van der Waals surface area contributed by atoms with Crippen LogP contribution in [0.15, 0.2) is 23.6 Å². The number of hydrogen-bond donors (Lipinski definition) is 1. The van der Waals surface area contributed by atoms with E-state index in [0.717, 1.165) is 22.0 Å². The van der Waals surface area contributed by atoms with Gasteiger partial charge in [0.15, 0.2) is 5.13 Å². The van der Waals surface area contributed by atoms with Crippen molar-refractivity contribution in [2.24, 2.45) is 0 Å². The highest BCUT2D eigenvalue weighted by atomic mass is 35.5. The van der Waals surface area contributed by atoms with E-state index in [0.29, 0.717) is 15.2 Å². The first kappa shape index (κ1) is 16.1. The lowest BCUT2D eigenvalue weighted by molar-refractivity contribution is 0.101. The van der Waals surface area contributed by atoms with Gasteiger partial charge in [0.1, 0.15) is 0 Å². The summed E-state index contributed by atoms with van der Waals surface area (Å²) < 4.78 is 2.24. The maximum absolute atomic E-state index is 12.4. The molecule has 1 amide bonds. The van der Waals surface area contributed by atoms with Gasteiger partial charge in [-0.2, -0.15) is 4.98 Å². The van der Waals surface area contributed by atoms with E-state index in [1.165, 1.54) is 22.7 Å². The van der Waals surface area contributed by atoms with E-state index in [9.17, 15) is 4.79 Å². The molecular formula is C15H11ClN6OS2. The molecule has 0 fully saturated rings. The molecule has 10 heteroatoms. The molecule has 126 valence electrons. The Morgan fingerprint density at radius 1 is 1.24 bits per heavy atom. The number of anilines is 1. The first-order valence-electron chi connectivity index (χ1n) is 7.23. The van der Waals surface area contributed by atoms with E-state index >= 15 is 0 Å². The molecule has 25 heavy (non-hydrogen) atoms. The largest absolute Gasteiger partial charge is 0.297 e. The van der Waals surface area contributed by atoms with Crippen LogP contribution in [0.5, 0.6) is 0 Å². The highest BCUT2D eigenvalue weighted by molar-refractivity contribution is 7.20. The molecule has 7 nitrogen and oxygen atoms in total. The first-order chi connectivity index (χ1) is 12.0. The Hall–Kier alpha value is -2.36. The van der Waals surface area contributed by atoms with E-state index in [4.69, 9.17) is 11.6 Å². The van der Waals surface area contributed by atoms with Gasteiger partial charge in [0.25, 0.3) is 11.7 Å². The van der Waals surface area contributed by atoms with Crippen LogP contribution in [0.25, 0.3) is 16.3 Å². The predicted molar refractivity (Wildman–Crippen MR) is 98.6 cm³/mol. The maximum atomic E-state index is 12.4. The molecule has 0 aromatic carbocycles. The summed E-state index contributed by atoms with van der Waals surface area (Å²) in [5, 5.41) is 9.28. The van der Waals surface area contributed by atoms with Gasteiger partial charge in [0.05, 0.1) is 14.9 Å². The number of fused-ring (bicyclic) bond motifs is 1. The molecule has 4 aromatic rings. The van der Waals surface area contributed by atoms with Crippen molar-refractivity contribution in [3.05, 3.63) is 45.1 Å². The minimum absolute atomic E-state index is 0.0529. The van der Waals surface area contributed by atoms with Crippen molar-refractivity contribution in [1.82, 2.24) is 24.6 Å². The lowest BCUT2D eigenvalue weighted by atomic mass is 10.4. The fourth-order valence-electron chi connectivity index (χ4n) is 2.31. The molecule has 0 saturated heterocycles. The second-order valence-electron chi connectivity index (χ2n) is 5.28. The zero-order chi connectivity index (χ0) is 17.6. The van der Waals surface area contributed by atoms with Crippen molar-refractivity contribution < 1.29 is 4.79 Å². The number of aromatic nitrogens is 5. The van der Waals surface area contributed by atoms with Crippen LogP contribution in [0.4, 0.5) is 5.13 Å².